The van der Waals surface area contributed by atoms with Gasteiger partial charge in [-0.05, 0) is 83.1 Å². The van der Waals surface area contributed by atoms with Crippen molar-refractivity contribution in [3.8, 4) is 11.5 Å². The second-order valence-corrected chi connectivity index (χ2v) is 10.9. The Balaban J connectivity index is 1.65. The van der Waals surface area contributed by atoms with Crippen molar-refractivity contribution >= 4 is 80.3 Å². The lowest BCUT2D eigenvalue weighted by atomic mass is 10.1. The maximum absolute atomic E-state index is 12.7. The lowest BCUT2D eigenvalue weighted by Gasteiger charge is -2.14. The molecule has 10 heteroatoms. The van der Waals surface area contributed by atoms with E-state index < -0.39 is 5.97 Å². The fourth-order valence-corrected chi connectivity index (χ4v) is 5.65. The fraction of sp³-hybridized carbons (Fsp3) is 0.143. The summed E-state index contributed by atoms with van der Waals surface area (Å²) in [7, 11) is 1.56. The molecule has 6 nitrogen and oxygen atoms in total. The molecule has 196 valence electrons. The highest BCUT2D eigenvalue weighted by atomic mass is 127. The zero-order valence-electron chi connectivity index (χ0n) is 20.3. The number of carbonyl (C=O) groups is 1. The van der Waals surface area contributed by atoms with Gasteiger partial charge in [0.1, 0.15) is 23.0 Å². The summed E-state index contributed by atoms with van der Waals surface area (Å²) in [6.07, 6.45) is 1.76. The van der Waals surface area contributed by atoms with E-state index in [1.54, 1.807) is 38.3 Å². The third kappa shape index (κ3) is 6.66. The number of halogens is 3. The van der Waals surface area contributed by atoms with Gasteiger partial charge in [0.15, 0.2) is 11.5 Å². The van der Waals surface area contributed by atoms with Crippen molar-refractivity contribution in [1.29, 1.82) is 0 Å². The van der Waals surface area contributed by atoms with E-state index in [4.69, 9.17) is 37.4 Å². The van der Waals surface area contributed by atoms with Gasteiger partial charge < -0.3 is 19.3 Å². The average Bonchev–Trinajstić information content (AvgIpc) is 3.19. The topological polar surface area (TPSA) is 77.4 Å². The molecule has 0 saturated carbocycles. The van der Waals surface area contributed by atoms with Gasteiger partial charge in [-0.2, -0.15) is 0 Å². The van der Waals surface area contributed by atoms with Crippen LogP contribution in [0, 0.1) is 3.57 Å². The van der Waals surface area contributed by atoms with Crippen LogP contribution in [0.3, 0.4) is 0 Å². The number of aliphatic hydroxyl groups excluding tert-OH is 1. The maximum atomic E-state index is 12.7. The van der Waals surface area contributed by atoms with Crippen molar-refractivity contribution < 1.29 is 24.1 Å². The third-order valence-corrected chi connectivity index (χ3v) is 7.83. The summed E-state index contributed by atoms with van der Waals surface area (Å²) in [6.45, 7) is 2.16. The predicted octanol–water partition coefficient (Wildman–Crippen LogP) is 8.38. The molecule has 0 saturated heterocycles. The van der Waals surface area contributed by atoms with Crippen LogP contribution in [-0.4, -0.2) is 29.8 Å². The highest BCUT2D eigenvalue weighted by Gasteiger charge is 2.33. The molecule has 1 aliphatic heterocycles. The van der Waals surface area contributed by atoms with Gasteiger partial charge in [0, 0.05) is 0 Å². The van der Waals surface area contributed by atoms with Crippen LogP contribution in [0.4, 0.5) is 5.69 Å². The first-order valence-electron chi connectivity index (χ1n) is 11.4. The Morgan fingerprint density at radius 3 is 2.55 bits per heavy atom. The van der Waals surface area contributed by atoms with Crippen LogP contribution in [-0.2, 0) is 16.1 Å². The second kappa shape index (κ2) is 12.9. The van der Waals surface area contributed by atoms with Crippen LogP contribution in [0.25, 0.3) is 6.08 Å². The molecule has 0 amide bonds. The molecule has 1 N–H and O–H groups in total. The Hall–Kier alpha value is -2.66. The Bertz CT molecular complexity index is 1460. The molecule has 0 atom stereocenters. The number of nitrogens with zero attached hydrogens (tertiary/aromatic N) is 1. The number of carbonyl (C=O) groups excluding carboxylic acids is 1. The second-order valence-electron chi connectivity index (χ2n) is 7.88. The predicted molar refractivity (Wildman–Crippen MR) is 162 cm³/mol. The first-order chi connectivity index (χ1) is 18.3. The Kier molecular flexibility index (Phi) is 9.64. The first-order valence-corrected chi connectivity index (χ1v) is 14.0. The molecular weight excluding hydrogens is 660 g/mol. The van der Waals surface area contributed by atoms with Gasteiger partial charge in [0.05, 0.1) is 37.9 Å². The molecule has 1 heterocycles. The third-order valence-electron chi connectivity index (χ3n) is 5.27. The van der Waals surface area contributed by atoms with Crippen LogP contribution < -0.4 is 9.47 Å². The number of aliphatic imine (C=N–C) groups is 1. The molecule has 0 fully saturated rings. The number of hydrogen-bond donors (Lipinski definition) is 1. The van der Waals surface area contributed by atoms with Gasteiger partial charge in [-0.3, -0.25) is 0 Å². The Labute approximate surface area is 248 Å². The number of benzene rings is 3. The molecular formula is C28H22Cl2INO5S. The number of aliphatic hydroxyl groups is 1. The quantitative estimate of drug-likeness (QED) is 0.190. The summed E-state index contributed by atoms with van der Waals surface area (Å²) in [4.78, 5) is 17.7. The Morgan fingerprint density at radius 1 is 1.11 bits per heavy atom. The molecule has 3 aromatic rings. The maximum Gasteiger partial charge on any atom is 0.344 e. The molecule has 4 rings (SSSR count). The number of ether oxygens (including phenoxy) is 3. The number of hydrogen-bond acceptors (Lipinski definition) is 7. The number of methoxy groups -OCH3 is 1. The molecule has 3 aromatic carbocycles. The van der Waals surface area contributed by atoms with Gasteiger partial charge >= 0.3 is 5.97 Å². The number of para-hydroxylation sites is 1. The molecule has 0 radical (unpaired) electrons. The van der Waals surface area contributed by atoms with E-state index in [1.165, 1.54) is 11.8 Å². The summed E-state index contributed by atoms with van der Waals surface area (Å²) in [5.74, 6) is 0.267. The molecule has 0 aliphatic carbocycles. The standard InChI is InChI=1S/C28H22Cl2INO5S/c1-3-36-28(34)24-25(33)23(38-27(24)32-18-7-5-4-6-8-18)14-17-12-21(31)26(22(13-17)35-2)37-15-16-9-10-19(29)20(30)11-16/h4-14,33H,3,15H2,1-2H3/b23-14-,32-27?. The lowest BCUT2D eigenvalue weighted by Crippen LogP contribution is -2.12. The van der Waals surface area contributed by atoms with Crippen molar-refractivity contribution in [3.05, 3.63) is 102 Å². The van der Waals surface area contributed by atoms with Gasteiger partial charge in [-0.15, -0.1) is 0 Å². The zero-order chi connectivity index (χ0) is 27.2. The normalized spacial score (nSPS) is 15.3. The van der Waals surface area contributed by atoms with Gasteiger partial charge in [0.2, 0.25) is 0 Å². The van der Waals surface area contributed by atoms with Crippen LogP contribution in [0.5, 0.6) is 11.5 Å². The minimum Gasteiger partial charge on any atom is -0.506 e. The van der Waals surface area contributed by atoms with E-state index in [0.29, 0.717) is 37.2 Å². The SMILES string of the molecule is CCOC(=O)C1=C(O)/C(=C/c2cc(I)c(OCc3ccc(Cl)c(Cl)c3)c(OC)c2)SC1=Nc1ccccc1. The molecule has 38 heavy (non-hydrogen) atoms. The van der Waals surface area contributed by atoms with Gasteiger partial charge in [0.25, 0.3) is 0 Å². The van der Waals surface area contributed by atoms with Crippen molar-refractivity contribution in [3.63, 3.8) is 0 Å². The lowest BCUT2D eigenvalue weighted by molar-refractivity contribution is -0.138. The highest BCUT2D eigenvalue weighted by Crippen LogP contribution is 2.42. The van der Waals surface area contributed by atoms with E-state index in [9.17, 15) is 9.90 Å². The van der Waals surface area contributed by atoms with E-state index in [0.717, 1.165) is 14.7 Å². The van der Waals surface area contributed by atoms with E-state index in [1.807, 2.05) is 42.5 Å². The van der Waals surface area contributed by atoms with E-state index >= 15 is 0 Å². The number of rotatable bonds is 8. The molecule has 0 spiro atoms. The summed E-state index contributed by atoms with van der Waals surface area (Å²) in [6, 6.07) is 18.2. The summed E-state index contributed by atoms with van der Waals surface area (Å²) in [5.41, 5.74) is 2.30. The minimum absolute atomic E-state index is 0.0372. The number of esters is 1. The molecule has 0 aromatic heterocycles. The summed E-state index contributed by atoms with van der Waals surface area (Å²) >= 11 is 15.5. The van der Waals surface area contributed by atoms with Crippen LogP contribution in [0.2, 0.25) is 10.0 Å². The van der Waals surface area contributed by atoms with Crippen molar-refractivity contribution in [2.24, 2.45) is 4.99 Å². The van der Waals surface area contributed by atoms with Crippen LogP contribution in [0.15, 0.2) is 81.9 Å². The highest BCUT2D eigenvalue weighted by molar-refractivity contribution is 14.1. The molecule has 0 bridgehead atoms. The summed E-state index contributed by atoms with van der Waals surface area (Å²) < 4.78 is 17.6. The van der Waals surface area contributed by atoms with Crippen molar-refractivity contribution in [2.75, 3.05) is 13.7 Å². The van der Waals surface area contributed by atoms with Crippen molar-refractivity contribution in [2.45, 2.75) is 13.5 Å². The van der Waals surface area contributed by atoms with Crippen LogP contribution in [0.1, 0.15) is 18.1 Å². The monoisotopic (exact) mass is 681 g/mol. The summed E-state index contributed by atoms with van der Waals surface area (Å²) in [5, 5.41) is 12.3. The van der Waals surface area contributed by atoms with E-state index in [-0.39, 0.29) is 24.5 Å². The van der Waals surface area contributed by atoms with E-state index in [2.05, 4.69) is 27.6 Å². The zero-order valence-corrected chi connectivity index (χ0v) is 24.8. The molecule has 0 unspecified atom stereocenters. The van der Waals surface area contributed by atoms with Crippen molar-refractivity contribution in [1.82, 2.24) is 0 Å². The largest absolute Gasteiger partial charge is 0.506 e. The van der Waals surface area contributed by atoms with Gasteiger partial charge in [-0.1, -0.05) is 59.2 Å². The fourth-order valence-electron chi connectivity index (χ4n) is 3.51. The van der Waals surface area contributed by atoms with Crippen LogP contribution >= 0.6 is 57.6 Å². The average molecular weight is 682 g/mol. The Morgan fingerprint density at radius 2 is 1.87 bits per heavy atom. The number of thioether (sulfide) groups is 1. The smallest absolute Gasteiger partial charge is 0.344 e. The first kappa shape index (κ1) is 28.4. The minimum atomic E-state index is -0.631. The van der Waals surface area contributed by atoms with Gasteiger partial charge in [-0.25, -0.2) is 9.79 Å². The molecule has 1 aliphatic rings.